The van der Waals surface area contributed by atoms with Gasteiger partial charge in [-0.3, -0.25) is 4.79 Å². The van der Waals surface area contributed by atoms with Crippen LogP contribution in [0.2, 0.25) is 5.02 Å². The third-order valence-electron chi connectivity index (χ3n) is 3.42. The normalized spacial score (nSPS) is 14.2. The van der Waals surface area contributed by atoms with Crippen LogP contribution in [0.25, 0.3) is 0 Å². The Morgan fingerprint density at radius 2 is 1.80 bits per heavy atom. The molecule has 1 amide bonds. The molecule has 0 aliphatic heterocycles. The van der Waals surface area contributed by atoms with Crippen molar-refractivity contribution >= 4 is 17.5 Å². The van der Waals surface area contributed by atoms with Crippen molar-refractivity contribution in [2.45, 2.75) is 39.2 Å². The lowest BCUT2D eigenvalue weighted by Gasteiger charge is -2.27. The first kappa shape index (κ1) is 17.0. The lowest BCUT2D eigenvalue weighted by atomic mass is 9.87. The van der Waals surface area contributed by atoms with Gasteiger partial charge in [-0.05, 0) is 37.0 Å². The summed E-state index contributed by atoms with van der Waals surface area (Å²) in [5.41, 5.74) is 0.985. The minimum atomic E-state index is -0.390. The summed E-state index contributed by atoms with van der Waals surface area (Å²) in [6, 6.07) is 7.45. The molecule has 3 nitrogen and oxygen atoms in total. The van der Waals surface area contributed by atoms with E-state index < -0.39 is 6.10 Å². The van der Waals surface area contributed by atoms with Crippen LogP contribution in [0.1, 0.15) is 38.7 Å². The molecule has 1 aromatic rings. The largest absolute Gasteiger partial charge is 0.393 e. The number of hydrogen-bond donors (Lipinski definition) is 1. The molecule has 0 saturated carbocycles. The van der Waals surface area contributed by atoms with Crippen LogP contribution in [0.3, 0.4) is 0 Å². The molecule has 0 aliphatic rings. The zero-order chi connectivity index (χ0) is 15.3. The lowest BCUT2D eigenvalue weighted by Crippen LogP contribution is -2.35. The van der Waals surface area contributed by atoms with Crippen LogP contribution in [0.5, 0.6) is 0 Å². The van der Waals surface area contributed by atoms with E-state index in [0.29, 0.717) is 18.0 Å². The second-order valence-electron chi connectivity index (χ2n) is 5.67. The van der Waals surface area contributed by atoms with Crippen molar-refractivity contribution in [2.75, 3.05) is 13.6 Å². The van der Waals surface area contributed by atoms with E-state index in [1.54, 1.807) is 18.9 Å². The molecular weight excluding hydrogens is 274 g/mol. The smallest absolute Gasteiger partial charge is 0.230 e. The Balaban J connectivity index is 2.85. The number of rotatable bonds is 6. The number of carbonyl (C=O) groups is 1. The summed E-state index contributed by atoms with van der Waals surface area (Å²) in [5, 5.41) is 10.00. The van der Waals surface area contributed by atoms with E-state index in [-0.39, 0.29) is 17.7 Å². The van der Waals surface area contributed by atoms with Crippen molar-refractivity contribution in [1.29, 1.82) is 0 Å². The Kier molecular flexibility index (Phi) is 6.50. The first-order valence-electron chi connectivity index (χ1n) is 7.01. The van der Waals surface area contributed by atoms with Gasteiger partial charge in [-0.25, -0.2) is 0 Å². The number of benzene rings is 1. The van der Waals surface area contributed by atoms with Crippen molar-refractivity contribution in [3.05, 3.63) is 34.9 Å². The van der Waals surface area contributed by atoms with Crippen LogP contribution in [0.4, 0.5) is 0 Å². The van der Waals surface area contributed by atoms with Crippen LogP contribution in [0, 0.1) is 5.92 Å². The Bertz CT molecular complexity index is 429. The van der Waals surface area contributed by atoms with Gasteiger partial charge in [0.15, 0.2) is 0 Å². The number of aliphatic hydroxyl groups excluding tert-OH is 1. The lowest BCUT2D eigenvalue weighted by molar-refractivity contribution is -0.132. The molecule has 1 aromatic carbocycles. The number of carbonyl (C=O) groups excluding carboxylic acids is 1. The Morgan fingerprint density at radius 3 is 2.25 bits per heavy atom. The van der Waals surface area contributed by atoms with Crippen LogP contribution >= 0.6 is 11.6 Å². The van der Waals surface area contributed by atoms with Crippen LogP contribution < -0.4 is 0 Å². The standard InChI is InChI=1S/C16H24ClNO2/c1-11(2)15(13-5-7-14(17)8-6-13)16(20)18(4)10-9-12(3)19/h5-8,11-12,15,19H,9-10H2,1-4H3. The van der Waals surface area contributed by atoms with Gasteiger partial charge < -0.3 is 10.0 Å². The molecule has 0 aromatic heterocycles. The van der Waals surface area contributed by atoms with E-state index >= 15 is 0 Å². The van der Waals surface area contributed by atoms with Gasteiger partial charge in [-0.2, -0.15) is 0 Å². The van der Waals surface area contributed by atoms with Crippen molar-refractivity contribution in [2.24, 2.45) is 5.92 Å². The highest BCUT2D eigenvalue weighted by atomic mass is 35.5. The molecule has 112 valence electrons. The number of aliphatic hydroxyl groups is 1. The van der Waals surface area contributed by atoms with Crippen LogP contribution in [0.15, 0.2) is 24.3 Å². The summed E-state index contributed by atoms with van der Waals surface area (Å²) in [6.45, 7) is 6.38. The van der Waals surface area contributed by atoms with Crippen molar-refractivity contribution in [1.82, 2.24) is 4.90 Å². The topological polar surface area (TPSA) is 40.5 Å². The number of halogens is 1. The average molecular weight is 298 g/mol. The van der Waals surface area contributed by atoms with Crippen molar-refractivity contribution in [3.8, 4) is 0 Å². The zero-order valence-corrected chi connectivity index (χ0v) is 13.4. The molecule has 2 atom stereocenters. The molecule has 2 unspecified atom stereocenters. The third kappa shape index (κ3) is 4.80. The Hall–Kier alpha value is -1.06. The van der Waals surface area contributed by atoms with Gasteiger partial charge in [0.05, 0.1) is 12.0 Å². The van der Waals surface area contributed by atoms with E-state index in [1.165, 1.54) is 0 Å². The predicted octanol–water partition coefficient (Wildman–Crippen LogP) is 3.31. The summed E-state index contributed by atoms with van der Waals surface area (Å²) in [6.07, 6.45) is 0.200. The molecule has 0 heterocycles. The molecule has 0 radical (unpaired) electrons. The zero-order valence-electron chi connectivity index (χ0n) is 12.6. The Labute approximate surface area is 126 Å². The maximum Gasteiger partial charge on any atom is 0.230 e. The first-order chi connectivity index (χ1) is 9.32. The molecule has 1 rings (SSSR count). The monoisotopic (exact) mass is 297 g/mol. The number of hydrogen-bond acceptors (Lipinski definition) is 2. The molecular formula is C16H24ClNO2. The van der Waals surface area contributed by atoms with Gasteiger partial charge in [-0.1, -0.05) is 37.6 Å². The van der Waals surface area contributed by atoms with Crippen molar-refractivity contribution < 1.29 is 9.90 Å². The molecule has 20 heavy (non-hydrogen) atoms. The maximum absolute atomic E-state index is 12.6. The van der Waals surface area contributed by atoms with E-state index in [9.17, 15) is 9.90 Å². The summed E-state index contributed by atoms with van der Waals surface area (Å²) in [7, 11) is 1.79. The SMILES string of the molecule is CC(O)CCN(C)C(=O)C(c1ccc(Cl)cc1)C(C)C. The molecule has 1 N–H and O–H groups in total. The highest BCUT2D eigenvalue weighted by molar-refractivity contribution is 6.30. The van der Waals surface area contributed by atoms with Gasteiger partial charge in [0.1, 0.15) is 0 Å². The quantitative estimate of drug-likeness (QED) is 0.875. The average Bonchev–Trinajstić information content (AvgIpc) is 2.37. The first-order valence-corrected chi connectivity index (χ1v) is 7.39. The third-order valence-corrected chi connectivity index (χ3v) is 3.67. The van der Waals surface area contributed by atoms with Gasteiger partial charge in [-0.15, -0.1) is 0 Å². The fraction of sp³-hybridized carbons (Fsp3) is 0.562. The summed E-state index contributed by atoms with van der Waals surface area (Å²) < 4.78 is 0. The fourth-order valence-electron chi connectivity index (χ4n) is 2.21. The van der Waals surface area contributed by atoms with Crippen LogP contribution in [-0.4, -0.2) is 35.6 Å². The highest BCUT2D eigenvalue weighted by Crippen LogP contribution is 2.27. The van der Waals surface area contributed by atoms with Gasteiger partial charge in [0, 0.05) is 18.6 Å². The maximum atomic E-state index is 12.6. The summed E-state index contributed by atoms with van der Waals surface area (Å²) in [5.74, 6) is 0.118. The molecule has 0 saturated heterocycles. The van der Waals surface area contributed by atoms with Gasteiger partial charge >= 0.3 is 0 Å². The Morgan fingerprint density at radius 1 is 1.25 bits per heavy atom. The van der Waals surface area contributed by atoms with E-state index in [0.717, 1.165) is 5.56 Å². The minimum Gasteiger partial charge on any atom is -0.393 e. The molecule has 0 spiro atoms. The van der Waals surface area contributed by atoms with Crippen LogP contribution in [-0.2, 0) is 4.79 Å². The van der Waals surface area contributed by atoms with Crippen molar-refractivity contribution in [3.63, 3.8) is 0 Å². The van der Waals surface area contributed by atoms with E-state index in [2.05, 4.69) is 0 Å². The molecule has 0 bridgehead atoms. The van der Waals surface area contributed by atoms with Gasteiger partial charge in [0.2, 0.25) is 5.91 Å². The second kappa shape index (κ2) is 7.65. The molecule has 0 aliphatic carbocycles. The fourth-order valence-corrected chi connectivity index (χ4v) is 2.34. The van der Waals surface area contributed by atoms with E-state index in [1.807, 2.05) is 38.1 Å². The second-order valence-corrected chi connectivity index (χ2v) is 6.11. The van der Waals surface area contributed by atoms with E-state index in [4.69, 9.17) is 11.6 Å². The highest BCUT2D eigenvalue weighted by Gasteiger charge is 2.26. The summed E-state index contributed by atoms with van der Waals surface area (Å²) >= 11 is 5.90. The van der Waals surface area contributed by atoms with Gasteiger partial charge in [0.25, 0.3) is 0 Å². The number of amides is 1. The molecule has 4 heteroatoms. The minimum absolute atomic E-state index is 0.0861. The number of likely N-dealkylation sites (N-methyl/N-ethyl adjacent to an activating group) is 1. The number of nitrogens with zero attached hydrogens (tertiary/aromatic N) is 1. The predicted molar refractivity (Wildman–Crippen MR) is 83.0 cm³/mol. The summed E-state index contributed by atoms with van der Waals surface area (Å²) in [4.78, 5) is 14.3. The molecule has 0 fully saturated rings.